The Bertz CT molecular complexity index is 1120. The lowest BCUT2D eigenvalue weighted by atomic mass is 10.2. The smallest absolute Gasteiger partial charge is 0.272 e. The number of ether oxygens (including phenoxy) is 1. The summed E-state index contributed by atoms with van der Waals surface area (Å²) in [4.78, 5) is 24.2. The van der Waals surface area contributed by atoms with Crippen LogP contribution in [-0.4, -0.2) is 24.6 Å². The van der Waals surface area contributed by atoms with Gasteiger partial charge in [0.25, 0.3) is 11.8 Å². The van der Waals surface area contributed by atoms with E-state index in [2.05, 4.69) is 38.4 Å². The minimum absolute atomic E-state index is 0.115. The van der Waals surface area contributed by atoms with Crippen LogP contribution in [-0.2, 0) is 4.79 Å². The summed E-state index contributed by atoms with van der Waals surface area (Å²) in [5.41, 5.74) is 4.16. The normalized spacial score (nSPS) is 10.7. The van der Waals surface area contributed by atoms with Gasteiger partial charge in [-0.25, -0.2) is 5.43 Å². The maximum atomic E-state index is 12.1. The van der Waals surface area contributed by atoms with Crippen molar-refractivity contribution in [3.05, 3.63) is 91.5 Å². The van der Waals surface area contributed by atoms with Crippen LogP contribution in [0.2, 0.25) is 10.0 Å². The number of carbonyl (C=O) groups excluding carboxylic acids is 2. The lowest BCUT2D eigenvalue weighted by molar-refractivity contribution is -0.118. The van der Waals surface area contributed by atoms with E-state index in [0.717, 1.165) is 14.8 Å². The van der Waals surface area contributed by atoms with Crippen LogP contribution in [0.5, 0.6) is 5.75 Å². The van der Waals surface area contributed by atoms with Crippen molar-refractivity contribution >= 4 is 69.5 Å². The number of carbonyl (C=O) groups is 2. The fourth-order valence-electron chi connectivity index (χ4n) is 2.45. The molecule has 0 aliphatic carbocycles. The van der Waals surface area contributed by atoms with Crippen molar-refractivity contribution < 1.29 is 14.3 Å². The van der Waals surface area contributed by atoms with Crippen LogP contribution in [0.3, 0.4) is 0 Å². The third kappa shape index (κ3) is 6.95. The average Bonchev–Trinajstić information content (AvgIpc) is 2.75. The van der Waals surface area contributed by atoms with Crippen LogP contribution in [0.4, 0.5) is 5.69 Å². The van der Waals surface area contributed by atoms with Gasteiger partial charge in [-0.15, -0.1) is 0 Å². The molecule has 0 saturated heterocycles. The summed E-state index contributed by atoms with van der Waals surface area (Å²) < 4.78 is 6.45. The molecule has 6 nitrogen and oxygen atoms in total. The minimum atomic E-state index is -0.447. The highest BCUT2D eigenvalue weighted by Gasteiger charge is 2.09. The number of para-hydroxylation sites is 1. The highest BCUT2D eigenvalue weighted by Crippen LogP contribution is 2.21. The van der Waals surface area contributed by atoms with E-state index in [0.29, 0.717) is 10.8 Å². The maximum Gasteiger partial charge on any atom is 0.272 e. The highest BCUT2D eigenvalue weighted by atomic mass is 127. The zero-order valence-corrected chi connectivity index (χ0v) is 19.6. The Kier molecular flexibility index (Phi) is 8.27. The number of nitrogens with one attached hydrogen (secondary N) is 2. The molecule has 0 aromatic heterocycles. The van der Waals surface area contributed by atoms with Gasteiger partial charge in [-0.1, -0.05) is 35.3 Å². The summed E-state index contributed by atoms with van der Waals surface area (Å²) in [7, 11) is 0. The first-order valence-corrected chi connectivity index (χ1v) is 10.8. The molecular formula is C22H16Cl2IN3O3. The number of hydrazone groups is 1. The number of nitrogens with zero attached hydrogens (tertiary/aromatic N) is 1. The lowest BCUT2D eigenvalue weighted by Gasteiger charge is -2.09. The van der Waals surface area contributed by atoms with Crippen LogP contribution in [0.1, 0.15) is 15.9 Å². The van der Waals surface area contributed by atoms with Gasteiger partial charge >= 0.3 is 0 Å². The lowest BCUT2D eigenvalue weighted by Crippen LogP contribution is -2.20. The predicted octanol–water partition coefficient (Wildman–Crippen LogP) is 5.38. The van der Waals surface area contributed by atoms with E-state index in [9.17, 15) is 9.59 Å². The quantitative estimate of drug-likeness (QED) is 0.228. The van der Waals surface area contributed by atoms with E-state index in [4.69, 9.17) is 27.9 Å². The van der Waals surface area contributed by atoms with Crippen LogP contribution < -0.4 is 15.5 Å². The molecule has 0 aliphatic rings. The summed E-state index contributed by atoms with van der Waals surface area (Å²) >= 11 is 14.0. The van der Waals surface area contributed by atoms with Crippen molar-refractivity contribution in [2.45, 2.75) is 0 Å². The number of hydrogen-bond donors (Lipinski definition) is 2. The van der Waals surface area contributed by atoms with E-state index in [1.807, 2.05) is 24.3 Å². The van der Waals surface area contributed by atoms with Gasteiger partial charge in [0.1, 0.15) is 5.75 Å². The minimum Gasteiger partial charge on any atom is -0.484 e. The molecule has 0 fully saturated rings. The monoisotopic (exact) mass is 567 g/mol. The van der Waals surface area contributed by atoms with Crippen molar-refractivity contribution in [3.8, 4) is 5.75 Å². The van der Waals surface area contributed by atoms with E-state index in [-0.39, 0.29) is 23.1 Å². The second kappa shape index (κ2) is 11.1. The first-order valence-electron chi connectivity index (χ1n) is 8.98. The number of rotatable bonds is 7. The van der Waals surface area contributed by atoms with Gasteiger partial charge in [-0.3, -0.25) is 9.59 Å². The second-order valence-corrected chi connectivity index (χ2v) is 8.21. The Morgan fingerprint density at radius 1 is 1.03 bits per heavy atom. The SMILES string of the molecule is O=C(COc1ccc(/C=N\NC(=O)c2ccc(Cl)cc2Cl)cc1)Nc1ccccc1I. The van der Waals surface area contributed by atoms with Gasteiger partial charge in [-0.2, -0.15) is 5.10 Å². The molecule has 3 aromatic rings. The Labute approximate surface area is 202 Å². The maximum absolute atomic E-state index is 12.1. The van der Waals surface area contributed by atoms with Gasteiger partial charge in [-0.05, 0) is 82.8 Å². The molecule has 31 heavy (non-hydrogen) atoms. The summed E-state index contributed by atoms with van der Waals surface area (Å²) in [5, 5.41) is 7.41. The largest absolute Gasteiger partial charge is 0.484 e. The van der Waals surface area contributed by atoms with E-state index in [1.54, 1.807) is 30.3 Å². The van der Waals surface area contributed by atoms with Crippen molar-refractivity contribution in [2.75, 3.05) is 11.9 Å². The summed E-state index contributed by atoms with van der Waals surface area (Å²) in [6.07, 6.45) is 1.48. The zero-order chi connectivity index (χ0) is 22.2. The third-order valence-electron chi connectivity index (χ3n) is 3.95. The molecule has 0 bridgehead atoms. The Hall–Kier alpha value is -2.62. The first-order chi connectivity index (χ1) is 14.9. The standard InChI is InChI=1S/C22H16Cl2IN3O3/c23-15-7-10-17(18(24)11-15)22(30)28-26-12-14-5-8-16(9-6-14)31-13-21(29)27-20-4-2-1-3-19(20)25/h1-12H,13H2,(H,27,29)(H,28,30)/b26-12-. The predicted molar refractivity (Wildman–Crippen MR) is 131 cm³/mol. The fourth-order valence-corrected chi connectivity index (χ4v) is 3.46. The first kappa shape index (κ1) is 23.1. The third-order valence-corrected chi connectivity index (χ3v) is 5.44. The number of benzene rings is 3. The number of amides is 2. The molecule has 0 saturated carbocycles. The number of halogens is 3. The van der Waals surface area contributed by atoms with E-state index >= 15 is 0 Å². The van der Waals surface area contributed by atoms with Crippen molar-refractivity contribution in [3.63, 3.8) is 0 Å². The molecule has 0 spiro atoms. The van der Waals surface area contributed by atoms with Crippen LogP contribution in [0, 0.1) is 3.57 Å². The van der Waals surface area contributed by atoms with Gasteiger partial charge in [0, 0.05) is 8.59 Å². The van der Waals surface area contributed by atoms with Gasteiger partial charge < -0.3 is 10.1 Å². The molecule has 9 heteroatoms. The Morgan fingerprint density at radius 3 is 2.48 bits per heavy atom. The number of anilines is 1. The van der Waals surface area contributed by atoms with Crippen LogP contribution >= 0.6 is 45.8 Å². The highest BCUT2D eigenvalue weighted by molar-refractivity contribution is 14.1. The van der Waals surface area contributed by atoms with Gasteiger partial charge in [0.15, 0.2) is 6.61 Å². The molecule has 3 aromatic carbocycles. The van der Waals surface area contributed by atoms with E-state index in [1.165, 1.54) is 18.3 Å². The molecular weight excluding hydrogens is 552 g/mol. The molecule has 0 radical (unpaired) electrons. The molecule has 3 rings (SSSR count). The van der Waals surface area contributed by atoms with Crippen LogP contribution in [0.15, 0.2) is 71.8 Å². The average molecular weight is 568 g/mol. The second-order valence-electron chi connectivity index (χ2n) is 6.21. The summed E-state index contributed by atoms with van der Waals surface area (Å²) in [5.74, 6) is -0.165. The molecule has 2 amide bonds. The number of hydrogen-bond acceptors (Lipinski definition) is 4. The fraction of sp³-hybridized carbons (Fsp3) is 0.0455. The van der Waals surface area contributed by atoms with Gasteiger partial charge in [0.2, 0.25) is 0 Å². The topological polar surface area (TPSA) is 79.8 Å². The van der Waals surface area contributed by atoms with Crippen molar-refractivity contribution in [1.29, 1.82) is 0 Å². The molecule has 0 aliphatic heterocycles. The summed E-state index contributed by atoms with van der Waals surface area (Å²) in [6, 6.07) is 19.0. The Morgan fingerprint density at radius 2 is 1.77 bits per heavy atom. The Balaban J connectivity index is 1.49. The zero-order valence-electron chi connectivity index (χ0n) is 15.9. The molecule has 0 unspecified atom stereocenters. The molecule has 0 atom stereocenters. The molecule has 158 valence electrons. The molecule has 2 N–H and O–H groups in total. The van der Waals surface area contributed by atoms with Gasteiger partial charge in [0.05, 0.1) is 22.5 Å². The van der Waals surface area contributed by atoms with Crippen molar-refractivity contribution in [2.24, 2.45) is 5.10 Å². The van der Waals surface area contributed by atoms with E-state index < -0.39 is 5.91 Å². The van der Waals surface area contributed by atoms with Crippen molar-refractivity contribution in [1.82, 2.24) is 5.43 Å². The molecule has 0 heterocycles. The van der Waals surface area contributed by atoms with Crippen LogP contribution in [0.25, 0.3) is 0 Å². The summed E-state index contributed by atoms with van der Waals surface area (Å²) in [6.45, 7) is -0.115.